The van der Waals surface area contributed by atoms with Crippen molar-refractivity contribution >= 4 is 5.97 Å². The van der Waals surface area contributed by atoms with E-state index in [1.165, 1.54) is 6.92 Å². The van der Waals surface area contributed by atoms with E-state index < -0.39 is 18.2 Å². The van der Waals surface area contributed by atoms with E-state index in [-0.39, 0.29) is 19.4 Å². The van der Waals surface area contributed by atoms with Gasteiger partial charge in [0.1, 0.15) is 6.61 Å². The van der Waals surface area contributed by atoms with Crippen LogP contribution in [0.25, 0.3) is 0 Å². The number of nitriles is 1. The van der Waals surface area contributed by atoms with Gasteiger partial charge in [0.05, 0.1) is 17.9 Å². The maximum absolute atomic E-state index is 11.7. The summed E-state index contributed by atoms with van der Waals surface area (Å²) in [4.78, 5) is 11.7. The first-order valence-electron chi connectivity index (χ1n) is 6.85. The Morgan fingerprint density at radius 3 is 2.82 bits per heavy atom. The van der Waals surface area contributed by atoms with Crippen molar-refractivity contribution < 1.29 is 13.6 Å². The molecule has 0 radical (unpaired) electrons. The fourth-order valence-corrected chi connectivity index (χ4v) is 1.25. The molecule has 1 atom stereocenters. The van der Waals surface area contributed by atoms with Crippen molar-refractivity contribution in [3.8, 4) is 6.07 Å². The van der Waals surface area contributed by atoms with E-state index in [0.29, 0.717) is 0 Å². The van der Waals surface area contributed by atoms with Crippen LogP contribution >= 0.6 is 0 Å². The number of nitrogens with zero attached hydrogens (tertiary/aromatic N) is 1. The second kappa shape index (κ2) is 6.05. The van der Waals surface area contributed by atoms with Crippen molar-refractivity contribution in [2.24, 2.45) is 5.41 Å². The Hall–Kier alpha value is -1.82. The number of carbonyl (C=O) groups excluding carboxylic acids is 1. The first-order valence-corrected chi connectivity index (χ1v) is 5.35. The molecule has 1 aromatic carbocycles. The molecule has 1 unspecified atom stereocenters. The summed E-state index contributed by atoms with van der Waals surface area (Å²) in [5, 5.41) is 9.07. The fraction of sp³-hybridized carbons (Fsp3) is 0.429. The van der Waals surface area contributed by atoms with Gasteiger partial charge in [-0.1, -0.05) is 37.2 Å². The van der Waals surface area contributed by atoms with E-state index in [1.54, 1.807) is 0 Å². The van der Waals surface area contributed by atoms with Crippen molar-refractivity contribution in [2.45, 2.75) is 33.2 Å². The van der Waals surface area contributed by atoms with Crippen molar-refractivity contribution in [3.63, 3.8) is 0 Å². The molecule has 3 nitrogen and oxygen atoms in total. The van der Waals surface area contributed by atoms with Gasteiger partial charge < -0.3 is 4.74 Å². The van der Waals surface area contributed by atoms with Gasteiger partial charge in [-0.05, 0) is 18.9 Å². The SMILES string of the molecule is [2H]C([2H])([2H])CC(C)(C#N)CC(=O)OCc1ccccc1. The normalized spacial score (nSPS) is 16.8. The van der Waals surface area contributed by atoms with Gasteiger partial charge in [0.25, 0.3) is 0 Å². The summed E-state index contributed by atoms with van der Waals surface area (Å²) < 4.78 is 26.7. The number of rotatable bonds is 5. The van der Waals surface area contributed by atoms with E-state index in [1.807, 2.05) is 36.4 Å². The summed E-state index contributed by atoms with van der Waals surface area (Å²) >= 11 is 0. The smallest absolute Gasteiger partial charge is 0.307 e. The topological polar surface area (TPSA) is 50.1 Å². The fourth-order valence-electron chi connectivity index (χ4n) is 1.25. The van der Waals surface area contributed by atoms with E-state index in [0.717, 1.165) is 5.56 Å². The second-order valence-electron chi connectivity index (χ2n) is 4.17. The first-order chi connectivity index (χ1) is 9.24. The third kappa shape index (κ3) is 4.28. The largest absolute Gasteiger partial charge is 0.461 e. The van der Waals surface area contributed by atoms with Gasteiger partial charge in [0.15, 0.2) is 0 Å². The molecule has 1 rings (SSSR count). The molecule has 0 aliphatic carbocycles. The van der Waals surface area contributed by atoms with Crippen LogP contribution in [0.3, 0.4) is 0 Å². The Kier molecular flexibility index (Phi) is 3.29. The highest BCUT2D eigenvalue weighted by Gasteiger charge is 2.26. The van der Waals surface area contributed by atoms with Gasteiger partial charge in [-0.25, -0.2) is 0 Å². The van der Waals surface area contributed by atoms with Crippen molar-refractivity contribution in [1.82, 2.24) is 0 Å². The molecule has 0 aromatic heterocycles. The maximum atomic E-state index is 11.7. The van der Waals surface area contributed by atoms with Gasteiger partial charge in [-0.15, -0.1) is 0 Å². The van der Waals surface area contributed by atoms with E-state index in [9.17, 15) is 4.79 Å². The summed E-state index contributed by atoms with van der Waals surface area (Å²) in [7, 11) is 0. The summed E-state index contributed by atoms with van der Waals surface area (Å²) in [5.74, 6) is -0.567. The Labute approximate surface area is 106 Å². The van der Waals surface area contributed by atoms with E-state index >= 15 is 0 Å². The molecule has 17 heavy (non-hydrogen) atoms. The summed E-state index contributed by atoms with van der Waals surface area (Å²) in [6.45, 7) is -0.664. The molecule has 0 spiro atoms. The van der Waals surface area contributed by atoms with Crippen LogP contribution in [0.5, 0.6) is 0 Å². The zero-order valence-electron chi connectivity index (χ0n) is 12.8. The number of esters is 1. The van der Waals surface area contributed by atoms with Gasteiger partial charge in [-0.2, -0.15) is 5.26 Å². The van der Waals surface area contributed by atoms with Crippen LogP contribution in [-0.2, 0) is 16.1 Å². The average Bonchev–Trinajstić information content (AvgIpc) is 2.35. The van der Waals surface area contributed by atoms with Crippen molar-refractivity contribution in [1.29, 1.82) is 5.26 Å². The highest BCUT2D eigenvalue weighted by molar-refractivity contribution is 5.70. The average molecular weight is 234 g/mol. The summed E-state index contributed by atoms with van der Waals surface area (Å²) in [6.07, 6.45) is -0.564. The minimum atomic E-state index is -2.25. The molecular formula is C14H17NO2. The molecule has 1 aromatic rings. The molecule has 0 bridgehead atoms. The second-order valence-corrected chi connectivity index (χ2v) is 4.17. The molecule has 0 saturated carbocycles. The maximum Gasteiger partial charge on any atom is 0.307 e. The lowest BCUT2D eigenvalue weighted by atomic mass is 9.86. The number of carbonyl (C=O) groups is 1. The Morgan fingerprint density at radius 1 is 1.53 bits per heavy atom. The standard InChI is InChI=1S/C14H17NO2/c1-3-14(2,11-15)9-13(16)17-10-12-7-5-4-6-8-12/h4-8H,3,9-10H2,1-2H3/i1D3. The van der Waals surface area contributed by atoms with Crippen molar-refractivity contribution in [2.75, 3.05) is 0 Å². The van der Waals surface area contributed by atoms with Crippen molar-refractivity contribution in [3.05, 3.63) is 35.9 Å². The number of hydrogen-bond acceptors (Lipinski definition) is 3. The van der Waals surface area contributed by atoms with Gasteiger partial charge in [0.2, 0.25) is 0 Å². The lowest BCUT2D eigenvalue weighted by molar-refractivity contribution is -0.146. The molecule has 3 heteroatoms. The Bertz CT molecular complexity index is 493. The van der Waals surface area contributed by atoms with Crippen LogP contribution in [0, 0.1) is 16.7 Å². The Balaban J connectivity index is 2.54. The van der Waals surface area contributed by atoms with E-state index in [4.69, 9.17) is 14.1 Å². The third-order valence-corrected chi connectivity index (χ3v) is 2.44. The zero-order valence-corrected chi connectivity index (χ0v) is 9.77. The summed E-state index contributed by atoms with van der Waals surface area (Å²) in [5.41, 5.74) is -0.394. The van der Waals surface area contributed by atoms with Crippen LogP contribution in [0.2, 0.25) is 0 Å². The van der Waals surface area contributed by atoms with Crippen LogP contribution in [0.15, 0.2) is 30.3 Å². The van der Waals surface area contributed by atoms with Gasteiger partial charge in [0, 0.05) is 4.11 Å². The van der Waals surface area contributed by atoms with Crippen LogP contribution in [0.1, 0.15) is 36.3 Å². The minimum absolute atomic E-state index is 0.120. The van der Waals surface area contributed by atoms with Gasteiger partial charge in [-0.3, -0.25) is 4.79 Å². The number of benzene rings is 1. The zero-order chi connectivity index (χ0) is 15.2. The molecule has 0 fully saturated rings. The molecule has 0 saturated heterocycles. The predicted octanol–water partition coefficient (Wildman–Crippen LogP) is 3.06. The number of hydrogen-bond donors (Lipinski definition) is 0. The monoisotopic (exact) mass is 234 g/mol. The lowest BCUT2D eigenvalue weighted by Crippen LogP contribution is -2.19. The van der Waals surface area contributed by atoms with Crippen LogP contribution < -0.4 is 0 Å². The Morgan fingerprint density at radius 2 is 2.24 bits per heavy atom. The number of ether oxygens (including phenoxy) is 1. The van der Waals surface area contributed by atoms with Crippen LogP contribution in [-0.4, -0.2) is 5.97 Å². The molecule has 90 valence electrons. The highest BCUT2D eigenvalue weighted by atomic mass is 16.5. The minimum Gasteiger partial charge on any atom is -0.461 e. The molecule has 0 amide bonds. The first kappa shape index (κ1) is 9.23. The predicted molar refractivity (Wildman–Crippen MR) is 64.9 cm³/mol. The van der Waals surface area contributed by atoms with Gasteiger partial charge >= 0.3 is 5.97 Å². The lowest BCUT2D eigenvalue weighted by Gasteiger charge is -2.17. The molecule has 0 aliphatic rings. The van der Waals surface area contributed by atoms with E-state index in [2.05, 4.69) is 0 Å². The van der Waals surface area contributed by atoms with Crippen LogP contribution in [0.4, 0.5) is 0 Å². The summed E-state index contributed by atoms with van der Waals surface area (Å²) in [6, 6.07) is 11.1. The third-order valence-electron chi connectivity index (χ3n) is 2.44. The molecule has 0 heterocycles. The molecule has 0 aliphatic heterocycles. The quantitative estimate of drug-likeness (QED) is 0.736. The highest BCUT2D eigenvalue weighted by Crippen LogP contribution is 2.24. The molecule has 0 N–H and O–H groups in total. The molecular weight excluding hydrogens is 214 g/mol.